The van der Waals surface area contributed by atoms with Crippen LogP contribution in [0.5, 0.6) is 0 Å². The van der Waals surface area contributed by atoms with Crippen molar-refractivity contribution in [2.45, 2.75) is 38.6 Å². The fraction of sp³-hybridized carbons (Fsp3) is 0.625. The molecule has 0 amide bonds. The second kappa shape index (κ2) is 7.71. The van der Waals surface area contributed by atoms with Crippen molar-refractivity contribution < 1.29 is 21.6 Å². The number of hydrogen-bond donors (Lipinski definition) is 1. The highest BCUT2D eigenvalue weighted by atomic mass is 32.2. The van der Waals surface area contributed by atoms with E-state index in [9.17, 15) is 16.8 Å². The van der Waals surface area contributed by atoms with Crippen molar-refractivity contribution in [1.82, 2.24) is 9.03 Å². The summed E-state index contributed by atoms with van der Waals surface area (Å²) in [6.45, 7) is 8.00. The molecular weight excluding hydrogens is 364 g/mol. The van der Waals surface area contributed by atoms with Gasteiger partial charge in [0.2, 0.25) is 20.0 Å². The third kappa shape index (κ3) is 4.79. The average molecular weight is 391 g/mol. The van der Waals surface area contributed by atoms with Crippen LogP contribution in [0.15, 0.2) is 17.0 Å². The topological polar surface area (TPSA) is 92.8 Å². The Morgan fingerprint density at radius 2 is 1.76 bits per heavy atom. The predicted molar refractivity (Wildman–Crippen MR) is 96.6 cm³/mol. The SMILES string of the molecule is Cc1cc(C)c(S(=O)(=O)NCCS(=O)(=O)N2CCOCC2C)c(C)c1. The van der Waals surface area contributed by atoms with Crippen LogP contribution in [0.2, 0.25) is 0 Å². The van der Waals surface area contributed by atoms with Gasteiger partial charge < -0.3 is 4.74 Å². The standard InChI is InChI=1S/C16H26N2O5S2/c1-12-9-13(2)16(14(3)10-12)25(21,22)17-5-8-24(19,20)18-6-7-23-11-15(18)4/h9-10,15,17H,5-8,11H2,1-4H3. The Hall–Kier alpha value is -1.00. The van der Waals surface area contributed by atoms with Gasteiger partial charge in [-0.3, -0.25) is 0 Å². The minimum absolute atomic E-state index is 0.165. The summed E-state index contributed by atoms with van der Waals surface area (Å²) in [6.07, 6.45) is 0. The molecule has 2 rings (SSSR count). The third-order valence-corrected chi connectivity index (χ3v) is 7.93. The van der Waals surface area contributed by atoms with E-state index in [1.54, 1.807) is 32.9 Å². The lowest BCUT2D eigenvalue weighted by molar-refractivity contribution is 0.0393. The van der Waals surface area contributed by atoms with E-state index >= 15 is 0 Å². The Bertz CT molecular complexity index is 811. The maximum Gasteiger partial charge on any atom is 0.241 e. The van der Waals surface area contributed by atoms with E-state index in [4.69, 9.17) is 4.74 Å². The molecule has 9 heteroatoms. The fourth-order valence-electron chi connectivity index (χ4n) is 3.21. The first kappa shape index (κ1) is 20.3. The molecule has 7 nitrogen and oxygen atoms in total. The maximum absolute atomic E-state index is 12.6. The summed E-state index contributed by atoms with van der Waals surface area (Å²) in [7, 11) is -7.30. The summed E-state index contributed by atoms with van der Waals surface area (Å²) >= 11 is 0. The van der Waals surface area contributed by atoms with Gasteiger partial charge in [-0.15, -0.1) is 0 Å². The van der Waals surface area contributed by atoms with Crippen molar-refractivity contribution in [3.63, 3.8) is 0 Å². The summed E-state index contributed by atoms with van der Waals surface area (Å²) < 4.78 is 59.1. The van der Waals surface area contributed by atoms with Gasteiger partial charge in [0.15, 0.2) is 0 Å². The molecule has 1 saturated heterocycles. The van der Waals surface area contributed by atoms with E-state index in [1.165, 1.54) is 4.31 Å². The van der Waals surface area contributed by atoms with E-state index in [0.717, 1.165) is 5.56 Å². The van der Waals surface area contributed by atoms with Crippen molar-refractivity contribution in [1.29, 1.82) is 0 Å². The quantitative estimate of drug-likeness (QED) is 0.780. The van der Waals surface area contributed by atoms with Gasteiger partial charge >= 0.3 is 0 Å². The predicted octanol–water partition coefficient (Wildman–Crippen LogP) is 0.941. The number of ether oxygens (including phenoxy) is 1. The molecule has 0 spiro atoms. The molecule has 1 aliphatic heterocycles. The highest BCUT2D eigenvalue weighted by molar-refractivity contribution is 7.90. The molecule has 0 saturated carbocycles. The van der Waals surface area contributed by atoms with E-state index in [0.29, 0.717) is 30.9 Å². The van der Waals surface area contributed by atoms with Gasteiger partial charge in [0.1, 0.15) is 0 Å². The summed E-state index contributed by atoms with van der Waals surface area (Å²) in [5.41, 5.74) is 2.28. The molecule has 0 aromatic heterocycles. The number of rotatable bonds is 6. The summed E-state index contributed by atoms with van der Waals surface area (Å²) in [4.78, 5) is 0.218. The Balaban J connectivity index is 2.08. The molecule has 1 aromatic rings. The summed E-state index contributed by atoms with van der Waals surface area (Å²) in [5, 5.41) is 0. The third-order valence-electron chi connectivity index (χ3n) is 4.19. The van der Waals surface area contributed by atoms with Crippen LogP contribution in [0.25, 0.3) is 0 Å². The van der Waals surface area contributed by atoms with Gasteiger partial charge in [-0.25, -0.2) is 21.6 Å². The first-order valence-corrected chi connectivity index (χ1v) is 11.3. The van der Waals surface area contributed by atoms with Crippen molar-refractivity contribution >= 4 is 20.0 Å². The Kier molecular flexibility index (Phi) is 6.26. The van der Waals surface area contributed by atoms with Gasteiger partial charge in [-0.05, 0) is 38.8 Å². The van der Waals surface area contributed by atoms with Gasteiger partial charge in [0.25, 0.3) is 0 Å². The molecule has 1 unspecified atom stereocenters. The number of hydrogen-bond acceptors (Lipinski definition) is 5. The number of morpholine rings is 1. The smallest absolute Gasteiger partial charge is 0.241 e. The van der Waals surface area contributed by atoms with Gasteiger partial charge in [0.05, 0.1) is 23.9 Å². The number of sulfonamides is 2. The number of nitrogens with zero attached hydrogens (tertiary/aromatic N) is 1. The molecule has 1 heterocycles. The zero-order valence-corrected chi connectivity index (χ0v) is 16.7. The van der Waals surface area contributed by atoms with E-state index in [2.05, 4.69) is 4.72 Å². The normalized spacial score (nSPS) is 19.9. The van der Waals surface area contributed by atoms with Crippen LogP contribution in [0.3, 0.4) is 0 Å². The summed E-state index contributed by atoms with van der Waals surface area (Å²) in [6, 6.07) is 3.36. The van der Waals surface area contributed by atoms with Crippen molar-refractivity contribution in [3.8, 4) is 0 Å². The van der Waals surface area contributed by atoms with Crippen LogP contribution < -0.4 is 4.72 Å². The van der Waals surface area contributed by atoms with E-state index in [-0.39, 0.29) is 23.2 Å². The molecule has 1 aromatic carbocycles. The molecule has 1 fully saturated rings. The molecule has 1 atom stereocenters. The van der Waals surface area contributed by atoms with Crippen molar-refractivity contribution in [3.05, 3.63) is 28.8 Å². The van der Waals surface area contributed by atoms with Crippen LogP contribution in [0.1, 0.15) is 23.6 Å². The molecule has 1 N–H and O–H groups in total. The zero-order chi connectivity index (χ0) is 18.8. The monoisotopic (exact) mass is 390 g/mol. The van der Waals surface area contributed by atoms with E-state index in [1.807, 2.05) is 6.92 Å². The van der Waals surface area contributed by atoms with Gasteiger partial charge in [-0.2, -0.15) is 4.31 Å². The molecular formula is C16H26N2O5S2. The number of nitrogens with one attached hydrogen (secondary N) is 1. The van der Waals surface area contributed by atoms with Crippen LogP contribution in [0.4, 0.5) is 0 Å². The number of aryl methyl sites for hydroxylation is 3. The van der Waals surface area contributed by atoms with Gasteiger partial charge in [0, 0.05) is 19.1 Å². The Labute approximate surface area is 150 Å². The van der Waals surface area contributed by atoms with E-state index < -0.39 is 20.0 Å². The molecule has 25 heavy (non-hydrogen) atoms. The van der Waals surface area contributed by atoms with Crippen LogP contribution in [0, 0.1) is 20.8 Å². The minimum atomic E-state index is -3.76. The Morgan fingerprint density at radius 1 is 1.16 bits per heavy atom. The minimum Gasteiger partial charge on any atom is -0.378 e. The van der Waals surface area contributed by atoms with Crippen LogP contribution in [-0.4, -0.2) is 59.2 Å². The van der Waals surface area contributed by atoms with Crippen molar-refractivity contribution in [2.75, 3.05) is 32.1 Å². The van der Waals surface area contributed by atoms with Crippen molar-refractivity contribution in [2.24, 2.45) is 0 Å². The average Bonchev–Trinajstić information content (AvgIpc) is 2.45. The second-order valence-electron chi connectivity index (χ2n) is 6.48. The number of benzene rings is 1. The lowest BCUT2D eigenvalue weighted by Gasteiger charge is -2.32. The lowest BCUT2D eigenvalue weighted by atomic mass is 10.1. The largest absolute Gasteiger partial charge is 0.378 e. The first-order chi connectivity index (χ1) is 11.5. The fourth-order valence-corrected chi connectivity index (χ4v) is 6.38. The molecule has 142 valence electrons. The lowest BCUT2D eigenvalue weighted by Crippen LogP contribution is -2.49. The zero-order valence-electron chi connectivity index (χ0n) is 15.1. The molecule has 0 aliphatic carbocycles. The summed E-state index contributed by atoms with van der Waals surface area (Å²) in [5.74, 6) is -0.277. The molecule has 1 aliphatic rings. The molecule has 0 bridgehead atoms. The van der Waals surface area contributed by atoms with Crippen LogP contribution in [-0.2, 0) is 24.8 Å². The first-order valence-electron chi connectivity index (χ1n) is 8.19. The molecule has 0 radical (unpaired) electrons. The highest BCUT2D eigenvalue weighted by Crippen LogP contribution is 2.21. The Morgan fingerprint density at radius 3 is 2.32 bits per heavy atom. The second-order valence-corrected chi connectivity index (χ2v) is 10.2. The van der Waals surface area contributed by atoms with Crippen LogP contribution >= 0.6 is 0 Å². The maximum atomic E-state index is 12.6. The van der Waals surface area contributed by atoms with Gasteiger partial charge in [-0.1, -0.05) is 17.7 Å². The highest BCUT2D eigenvalue weighted by Gasteiger charge is 2.30.